The van der Waals surface area contributed by atoms with Crippen LogP contribution in [0.5, 0.6) is 0 Å². The lowest BCUT2D eigenvalue weighted by Gasteiger charge is -2.46. The minimum absolute atomic E-state index is 0.121. The van der Waals surface area contributed by atoms with Crippen molar-refractivity contribution in [2.45, 2.75) is 59.4 Å². The van der Waals surface area contributed by atoms with Crippen LogP contribution in [0.4, 0.5) is 4.79 Å². The maximum Gasteiger partial charge on any atom is 0.404 e. The van der Waals surface area contributed by atoms with E-state index in [4.69, 9.17) is 5.11 Å². The Morgan fingerprint density at radius 2 is 2.00 bits per heavy atom. The average molecular weight is 213 g/mol. The third kappa shape index (κ3) is 3.40. The Morgan fingerprint density at radius 1 is 1.40 bits per heavy atom. The van der Waals surface area contributed by atoms with E-state index in [1.165, 1.54) is 6.42 Å². The van der Waals surface area contributed by atoms with Gasteiger partial charge in [0.1, 0.15) is 0 Å². The molecule has 88 valence electrons. The number of hydrogen-bond donors (Lipinski definition) is 2. The lowest BCUT2D eigenvalue weighted by atomic mass is 9.62. The van der Waals surface area contributed by atoms with Crippen molar-refractivity contribution in [3.05, 3.63) is 0 Å². The summed E-state index contributed by atoms with van der Waals surface area (Å²) in [5.74, 6) is 0. The second-order valence-electron chi connectivity index (χ2n) is 6.06. The van der Waals surface area contributed by atoms with Gasteiger partial charge in [-0.25, -0.2) is 4.79 Å². The largest absolute Gasteiger partial charge is 0.465 e. The second kappa shape index (κ2) is 4.03. The van der Waals surface area contributed by atoms with Crippen molar-refractivity contribution in [2.24, 2.45) is 10.8 Å². The molecule has 0 aromatic carbocycles. The average Bonchev–Trinajstić information content (AvgIpc) is 1.98. The van der Waals surface area contributed by atoms with Gasteiger partial charge in [0.05, 0.1) is 0 Å². The van der Waals surface area contributed by atoms with E-state index in [9.17, 15) is 4.79 Å². The molecule has 1 aliphatic rings. The van der Waals surface area contributed by atoms with Crippen molar-refractivity contribution in [3.8, 4) is 0 Å². The van der Waals surface area contributed by atoms with Crippen LogP contribution in [0.2, 0.25) is 0 Å². The molecule has 0 radical (unpaired) electrons. The predicted octanol–water partition coefficient (Wildman–Crippen LogP) is 3.25. The Balaban J connectivity index is 2.72. The van der Waals surface area contributed by atoms with Gasteiger partial charge in [0.15, 0.2) is 0 Å². The van der Waals surface area contributed by atoms with Gasteiger partial charge in [-0.3, -0.25) is 0 Å². The summed E-state index contributed by atoms with van der Waals surface area (Å²) >= 11 is 0. The second-order valence-corrected chi connectivity index (χ2v) is 6.06. The number of nitrogens with one attached hydrogen (secondary N) is 1. The molecule has 1 saturated carbocycles. The molecule has 0 aromatic rings. The summed E-state index contributed by atoms with van der Waals surface area (Å²) < 4.78 is 0. The number of rotatable bonds is 2. The SMILES string of the molecule is CCC1(C)CC(NC(=O)O)CC(C)(C)C1. The molecule has 2 unspecified atom stereocenters. The Hall–Kier alpha value is -0.730. The maximum absolute atomic E-state index is 10.7. The van der Waals surface area contributed by atoms with Gasteiger partial charge in [0, 0.05) is 6.04 Å². The molecule has 3 nitrogen and oxygen atoms in total. The van der Waals surface area contributed by atoms with Gasteiger partial charge in [-0.2, -0.15) is 0 Å². The summed E-state index contributed by atoms with van der Waals surface area (Å²) in [7, 11) is 0. The zero-order valence-electron chi connectivity index (χ0n) is 10.3. The zero-order valence-corrected chi connectivity index (χ0v) is 10.3. The highest BCUT2D eigenvalue weighted by molar-refractivity contribution is 5.64. The van der Waals surface area contributed by atoms with Crippen molar-refractivity contribution in [2.75, 3.05) is 0 Å². The molecule has 1 fully saturated rings. The van der Waals surface area contributed by atoms with E-state index in [0.717, 1.165) is 19.3 Å². The normalized spacial score (nSPS) is 34.8. The molecule has 1 aliphatic carbocycles. The van der Waals surface area contributed by atoms with Gasteiger partial charge in [-0.1, -0.05) is 34.1 Å². The van der Waals surface area contributed by atoms with Crippen molar-refractivity contribution in [3.63, 3.8) is 0 Å². The van der Waals surface area contributed by atoms with E-state index < -0.39 is 6.09 Å². The Labute approximate surface area is 92.3 Å². The fourth-order valence-electron chi connectivity index (χ4n) is 3.18. The minimum Gasteiger partial charge on any atom is -0.465 e. The van der Waals surface area contributed by atoms with Crippen LogP contribution in [0.3, 0.4) is 0 Å². The predicted molar refractivity (Wildman–Crippen MR) is 61.0 cm³/mol. The van der Waals surface area contributed by atoms with Crippen LogP contribution in [0.25, 0.3) is 0 Å². The summed E-state index contributed by atoms with van der Waals surface area (Å²) in [5, 5.41) is 11.4. The first-order valence-electron chi connectivity index (χ1n) is 5.76. The molecule has 0 spiro atoms. The Morgan fingerprint density at radius 3 is 2.47 bits per heavy atom. The lowest BCUT2D eigenvalue weighted by molar-refractivity contribution is 0.0674. The van der Waals surface area contributed by atoms with E-state index in [-0.39, 0.29) is 16.9 Å². The van der Waals surface area contributed by atoms with Crippen LogP contribution in [0.15, 0.2) is 0 Å². The van der Waals surface area contributed by atoms with Gasteiger partial charge >= 0.3 is 6.09 Å². The van der Waals surface area contributed by atoms with Gasteiger partial charge in [0.25, 0.3) is 0 Å². The maximum atomic E-state index is 10.7. The topological polar surface area (TPSA) is 49.3 Å². The molecule has 0 aliphatic heterocycles. The number of hydrogen-bond acceptors (Lipinski definition) is 1. The van der Waals surface area contributed by atoms with Gasteiger partial charge < -0.3 is 10.4 Å². The third-order valence-electron chi connectivity index (χ3n) is 3.62. The van der Waals surface area contributed by atoms with Crippen molar-refractivity contribution in [1.29, 1.82) is 0 Å². The van der Waals surface area contributed by atoms with Crippen LogP contribution in [-0.4, -0.2) is 17.2 Å². The highest BCUT2D eigenvalue weighted by Crippen LogP contribution is 2.47. The quantitative estimate of drug-likeness (QED) is 0.739. The third-order valence-corrected chi connectivity index (χ3v) is 3.62. The van der Waals surface area contributed by atoms with E-state index in [2.05, 4.69) is 33.0 Å². The molecule has 15 heavy (non-hydrogen) atoms. The van der Waals surface area contributed by atoms with Crippen molar-refractivity contribution < 1.29 is 9.90 Å². The number of carboxylic acid groups (broad SMARTS) is 1. The molecule has 2 atom stereocenters. The zero-order chi connectivity index (χ0) is 11.7. The first kappa shape index (κ1) is 12.3. The molecule has 0 heterocycles. The molecule has 1 amide bonds. The standard InChI is InChI=1S/C12H23NO2/c1-5-12(4)7-9(13-10(14)15)6-11(2,3)8-12/h9,13H,5-8H2,1-4H3,(H,14,15). The van der Waals surface area contributed by atoms with Crippen LogP contribution in [-0.2, 0) is 0 Å². The fraction of sp³-hybridized carbons (Fsp3) is 0.917. The van der Waals surface area contributed by atoms with Gasteiger partial charge in [-0.05, 0) is 30.1 Å². The fourth-order valence-corrected chi connectivity index (χ4v) is 3.18. The van der Waals surface area contributed by atoms with E-state index in [0.29, 0.717) is 0 Å². The number of carbonyl (C=O) groups is 1. The molecule has 3 heteroatoms. The highest BCUT2D eigenvalue weighted by Gasteiger charge is 2.40. The molecule has 0 aromatic heterocycles. The summed E-state index contributed by atoms with van der Waals surface area (Å²) in [6.45, 7) is 8.93. The molecular formula is C12H23NO2. The minimum atomic E-state index is -0.892. The van der Waals surface area contributed by atoms with Crippen LogP contribution in [0, 0.1) is 10.8 Å². The smallest absolute Gasteiger partial charge is 0.404 e. The van der Waals surface area contributed by atoms with E-state index in [1.54, 1.807) is 0 Å². The highest BCUT2D eigenvalue weighted by atomic mass is 16.4. The molecular weight excluding hydrogens is 190 g/mol. The monoisotopic (exact) mass is 213 g/mol. The van der Waals surface area contributed by atoms with Crippen LogP contribution >= 0.6 is 0 Å². The van der Waals surface area contributed by atoms with Crippen LogP contribution < -0.4 is 5.32 Å². The Kier molecular flexibility index (Phi) is 3.31. The van der Waals surface area contributed by atoms with Gasteiger partial charge in [0.2, 0.25) is 0 Å². The molecule has 0 bridgehead atoms. The summed E-state index contributed by atoms with van der Waals surface area (Å²) in [6.07, 6.45) is 3.34. The first-order valence-corrected chi connectivity index (χ1v) is 5.76. The Bertz CT molecular complexity index is 250. The van der Waals surface area contributed by atoms with Crippen molar-refractivity contribution >= 4 is 6.09 Å². The summed E-state index contributed by atoms with van der Waals surface area (Å²) in [6, 6.07) is 0.121. The van der Waals surface area contributed by atoms with Gasteiger partial charge in [-0.15, -0.1) is 0 Å². The van der Waals surface area contributed by atoms with Crippen molar-refractivity contribution in [1.82, 2.24) is 5.32 Å². The first-order chi connectivity index (χ1) is 6.76. The number of amides is 1. The van der Waals surface area contributed by atoms with Crippen LogP contribution in [0.1, 0.15) is 53.4 Å². The lowest BCUT2D eigenvalue weighted by Crippen LogP contribution is -2.46. The molecule has 1 rings (SSSR count). The summed E-state index contributed by atoms with van der Waals surface area (Å²) in [5.41, 5.74) is 0.533. The van der Waals surface area contributed by atoms with E-state index in [1.807, 2.05) is 0 Å². The molecule has 0 saturated heterocycles. The van der Waals surface area contributed by atoms with E-state index >= 15 is 0 Å². The summed E-state index contributed by atoms with van der Waals surface area (Å²) in [4.78, 5) is 10.7. The molecule has 2 N–H and O–H groups in total.